The summed E-state index contributed by atoms with van der Waals surface area (Å²) in [5.74, 6) is 0.859. The highest BCUT2D eigenvalue weighted by molar-refractivity contribution is 7.92. The van der Waals surface area contributed by atoms with E-state index in [4.69, 9.17) is 4.98 Å². The Kier molecular flexibility index (Phi) is 6.16. The van der Waals surface area contributed by atoms with Crippen molar-refractivity contribution in [2.45, 2.75) is 31.3 Å². The Balaban J connectivity index is 1.46. The van der Waals surface area contributed by atoms with Gasteiger partial charge in [0.25, 0.3) is 10.0 Å². The second kappa shape index (κ2) is 9.32. The molecule has 0 saturated carbocycles. The van der Waals surface area contributed by atoms with Gasteiger partial charge in [0.15, 0.2) is 16.5 Å². The van der Waals surface area contributed by atoms with E-state index in [1.807, 2.05) is 18.2 Å². The molecule has 0 saturated heterocycles. The molecule has 0 aliphatic heterocycles. The van der Waals surface area contributed by atoms with Gasteiger partial charge in [0.1, 0.15) is 5.52 Å². The predicted molar refractivity (Wildman–Crippen MR) is 142 cm³/mol. The topological polar surface area (TPSA) is 117 Å². The molecule has 0 aliphatic carbocycles. The third-order valence-electron chi connectivity index (χ3n) is 6.22. The first-order valence-corrected chi connectivity index (χ1v) is 13.3. The van der Waals surface area contributed by atoms with E-state index in [1.54, 1.807) is 55.3 Å². The molecule has 3 heterocycles. The number of sulfonamides is 1. The summed E-state index contributed by atoms with van der Waals surface area (Å²) >= 11 is 0. The number of imidazole rings is 1. The molecule has 0 amide bonds. The molecule has 0 atom stereocenters. The summed E-state index contributed by atoms with van der Waals surface area (Å²) in [7, 11) is -0.446. The van der Waals surface area contributed by atoms with E-state index < -0.39 is 10.0 Å². The van der Waals surface area contributed by atoms with Crippen molar-refractivity contribution >= 4 is 26.9 Å². The first-order valence-electron chi connectivity index (χ1n) is 11.8. The van der Waals surface area contributed by atoms with Gasteiger partial charge in [0.05, 0.1) is 12.7 Å². The Labute approximate surface area is 214 Å². The van der Waals surface area contributed by atoms with Crippen molar-refractivity contribution in [3.63, 3.8) is 0 Å². The Morgan fingerprint density at radius 2 is 1.73 bits per heavy atom. The van der Waals surface area contributed by atoms with Gasteiger partial charge >= 0.3 is 5.69 Å². The normalized spacial score (nSPS) is 11.9. The quantitative estimate of drug-likeness (QED) is 0.353. The van der Waals surface area contributed by atoms with Crippen LogP contribution in [0.5, 0.6) is 0 Å². The molecule has 1 N–H and O–H groups in total. The monoisotopic (exact) mass is 517 g/mol. The summed E-state index contributed by atoms with van der Waals surface area (Å²) in [5, 5.41) is 3.89. The highest BCUT2D eigenvalue weighted by atomic mass is 32.2. The first-order chi connectivity index (χ1) is 17.6. The minimum atomic E-state index is -3.79. The van der Waals surface area contributed by atoms with Gasteiger partial charge in [-0.3, -0.25) is 18.5 Å². The molecule has 5 rings (SSSR count). The molecule has 10 nitrogen and oxygen atoms in total. The fraction of sp³-hybridized carbons (Fsp3) is 0.231. The van der Waals surface area contributed by atoms with Crippen LogP contribution in [0.25, 0.3) is 22.6 Å². The number of aryl methyl sites for hydroxylation is 2. The number of hydrogen-bond donors (Lipinski definition) is 1. The third kappa shape index (κ3) is 4.65. The Morgan fingerprint density at radius 1 is 1.00 bits per heavy atom. The summed E-state index contributed by atoms with van der Waals surface area (Å²) in [4.78, 5) is 22.4. The average Bonchev–Trinajstić information content (AvgIpc) is 3.42. The van der Waals surface area contributed by atoms with E-state index in [1.165, 1.54) is 15.3 Å². The van der Waals surface area contributed by atoms with Crippen molar-refractivity contribution < 1.29 is 8.42 Å². The maximum Gasteiger partial charge on any atom is 0.330 e. The maximum atomic E-state index is 13.1. The van der Waals surface area contributed by atoms with Gasteiger partial charge < -0.3 is 0 Å². The van der Waals surface area contributed by atoms with Crippen LogP contribution in [-0.4, -0.2) is 37.3 Å². The minimum Gasteiger partial charge on any atom is -0.292 e. The SMILES string of the molecule is CC(C)c1ccccc1-c1ncc2c(n1)n(Cc1ccc(NS(=O)(=O)c3ccn(C)n3)cc1)c(=O)n2C. The summed E-state index contributed by atoms with van der Waals surface area (Å²) in [5.41, 5.74) is 4.25. The van der Waals surface area contributed by atoms with Gasteiger partial charge in [-0.05, 0) is 35.2 Å². The fourth-order valence-corrected chi connectivity index (χ4v) is 5.29. The van der Waals surface area contributed by atoms with Gasteiger partial charge in [0, 0.05) is 31.5 Å². The second-order valence-electron chi connectivity index (χ2n) is 9.20. The van der Waals surface area contributed by atoms with Crippen LogP contribution >= 0.6 is 0 Å². The number of aromatic nitrogens is 6. The minimum absolute atomic E-state index is 0.0593. The molecule has 0 aliphatic rings. The summed E-state index contributed by atoms with van der Waals surface area (Å²) < 4.78 is 32.2. The summed E-state index contributed by atoms with van der Waals surface area (Å²) in [6.07, 6.45) is 3.25. The highest BCUT2D eigenvalue weighted by Crippen LogP contribution is 2.27. The molecule has 37 heavy (non-hydrogen) atoms. The average molecular weight is 518 g/mol. The van der Waals surface area contributed by atoms with E-state index in [0.29, 0.717) is 28.6 Å². The first kappa shape index (κ1) is 24.4. The van der Waals surface area contributed by atoms with E-state index in [0.717, 1.165) is 16.7 Å². The van der Waals surface area contributed by atoms with Gasteiger partial charge in [-0.2, -0.15) is 13.5 Å². The van der Waals surface area contributed by atoms with E-state index >= 15 is 0 Å². The molecule has 3 aromatic heterocycles. The molecule has 0 bridgehead atoms. The molecule has 2 aromatic carbocycles. The standard InChI is InChI=1S/C26H27N7O3S/c1-17(2)20-7-5-6-8-21(20)24-27-15-22-25(28-24)33(26(34)32(22)4)16-18-9-11-19(12-10-18)30-37(35,36)23-13-14-31(3)29-23/h5-15,17,30H,16H2,1-4H3. The summed E-state index contributed by atoms with van der Waals surface area (Å²) in [6, 6.07) is 16.3. The van der Waals surface area contributed by atoms with Crippen LogP contribution in [0, 0.1) is 0 Å². The maximum absolute atomic E-state index is 13.1. The lowest BCUT2D eigenvalue weighted by Gasteiger charge is -2.12. The van der Waals surface area contributed by atoms with Crippen molar-refractivity contribution in [1.82, 2.24) is 28.9 Å². The third-order valence-corrected chi connectivity index (χ3v) is 7.49. The Morgan fingerprint density at radius 3 is 2.41 bits per heavy atom. The van der Waals surface area contributed by atoms with Crippen LogP contribution in [0.3, 0.4) is 0 Å². The molecule has 11 heteroatoms. The molecule has 0 spiro atoms. The van der Waals surface area contributed by atoms with E-state index in [-0.39, 0.29) is 17.3 Å². The molecular weight excluding hydrogens is 490 g/mol. The number of fused-ring (bicyclic) bond motifs is 1. The number of benzene rings is 2. The molecular formula is C26H27N7O3S. The van der Waals surface area contributed by atoms with Crippen LogP contribution < -0.4 is 10.4 Å². The number of rotatable bonds is 7. The number of nitrogens with one attached hydrogen (secondary N) is 1. The zero-order chi connectivity index (χ0) is 26.3. The molecule has 5 aromatic rings. The largest absolute Gasteiger partial charge is 0.330 e. The van der Waals surface area contributed by atoms with Crippen LogP contribution in [0.2, 0.25) is 0 Å². The molecule has 0 unspecified atom stereocenters. The molecule has 0 radical (unpaired) electrons. The van der Waals surface area contributed by atoms with E-state index in [9.17, 15) is 13.2 Å². The van der Waals surface area contributed by atoms with Crippen molar-refractivity contribution in [1.29, 1.82) is 0 Å². The lowest BCUT2D eigenvalue weighted by molar-refractivity contribution is 0.593. The number of anilines is 1. The van der Waals surface area contributed by atoms with Gasteiger partial charge in [0.2, 0.25) is 0 Å². The lowest BCUT2D eigenvalue weighted by Crippen LogP contribution is -2.23. The molecule has 0 fully saturated rings. The zero-order valence-corrected chi connectivity index (χ0v) is 21.8. The fourth-order valence-electron chi connectivity index (χ4n) is 4.26. The van der Waals surface area contributed by atoms with Crippen molar-refractivity contribution in [3.05, 3.63) is 88.6 Å². The Bertz CT molecular complexity index is 1760. The van der Waals surface area contributed by atoms with Crippen molar-refractivity contribution in [3.8, 4) is 11.4 Å². The van der Waals surface area contributed by atoms with Crippen LogP contribution in [0.1, 0.15) is 30.9 Å². The van der Waals surface area contributed by atoms with Crippen LogP contribution in [0.15, 0.2) is 76.8 Å². The zero-order valence-electron chi connectivity index (χ0n) is 21.0. The highest BCUT2D eigenvalue weighted by Gasteiger charge is 2.19. The molecule has 190 valence electrons. The van der Waals surface area contributed by atoms with Crippen LogP contribution in [-0.2, 0) is 30.7 Å². The summed E-state index contributed by atoms with van der Waals surface area (Å²) in [6.45, 7) is 4.51. The van der Waals surface area contributed by atoms with Crippen LogP contribution in [0.4, 0.5) is 5.69 Å². The van der Waals surface area contributed by atoms with Gasteiger partial charge in [-0.25, -0.2) is 14.8 Å². The van der Waals surface area contributed by atoms with E-state index in [2.05, 4.69) is 34.7 Å². The predicted octanol–water partition coefficient (Wildman–Crippen LogP) is 3.50. The lowest BCUT2D eigenvalue weighted by atomic mass is 9.97. The Hall–Kier alpha value is -4.25. The number of nitrogens with zero attached hydrogens (tertiary/aromatic N) is 6. The van der Waals surface area contributed by atoms with Crippen molar-refractivity contribution in [2.75, 3.05) is 4.72 Å². The smallest absolute Gasteiger partial charge is 0.292 e. The second-order valence-corrected chi connectivity index (χ2v) is 10.8. The number of hydrogen-bond acceptors (Lipinski definition) is 6. The van der Waals surface area contributed by atoms with Gasteiger partial charge in [-0.15, -0.1) is 0 Å². The van der Waals surface area contributed by atoms with Crippen molar-refractivity contribution in [2.24, 2.45) is 14.1 Å². The van der Waals surface area contributed by atoms with Gasteiger partial charge in [-0.1, -0.05) is 50.2 Å².